The van der Waals surface area contributed by atoms with Crippen molar-refractivity contribution in [2.75, 3.05) is 0 Å². The number of aromatic nitrogens is 2. The number of benzene rings is 1. The lowest BCUT2D eigenvalue weighted by Gasteiger charge is -2.08. The molecular weight excluding hydrogens is 264 g/mol. The summed E-state index contributed by atoms with van der Waals surface area (Å²) in [5.74, 6) is -0.316. The first-order valence-corrected chi connectivity index (χ1v) is 7.17. The van der Waals surface area contributed by atoms with Crippen molar-refractivity contribution >= 4 is 11.0 Å². The van der Waals surface area contributed by atoms with Gasteiger partial charge >= 0.3 is 5.69 Å². The molecule has 5 heteroatoms. The molecule has 0 saturated carbocycles. The third-order valence-corrected chi connectivity index (χ3v) is 3.56. The van der Waals surface area contributed by atoms with Crippen LogP contribution in [0.1, 0.15) is 26.2 Å². The van der Waals surface area contributed by atoms with E-state index in [1.165, 1.54) is 0 Å². The van der Waals surface area contributed by atoms with Crippen LogP contribution < -0.4 is 5.69 Å². The molecule has 2 aromatic rings. The molecule has 0 bridgehead atoms. The van der Waals surface area contributed by atoms with Gasteiger partial charge in [-0.3, -0.25) is 9.13 Å². The van der Waals surface area contributed by atoms with Crippen LogP contribution in [0.25, 0.3) is 11.0 Å². The van der Waals surface area contributed by atoms with Gasteiger partial charge in [-0.2, -0.15) is 10.5 Å². The highest BCUT2D eigenvalue weighted by Gasteiger charge is 2.16. The summed E-state index contributed by atoms with van der Waals surface area (Å²) in [5, 5.41) is 17.9. The third-order valence-electron chi connectivity index (χ3n) is 3.56. The van der Waals surface area contributed by atoms with Gasteiger partial charge in [-0.15, -0.1) is 0 Å². The summed E-state index contributed by atoms with van der Waals surface area (Å²) in [5.41, 5.74) is 1.68. The van der Waals surface area contributed by atoms with Crippen molar-refractivity contribution in [2.24, 2.45) is 5.92 Å². The normalized spacial score (nSPS) is 12.0. The minimum atomic E-state index is -0.316. The summed E-state index contributed by atoms with van der Waals surface area (Å²) in [4.78, 5) is 12.6. The van der Waals surface area contributed by atoms with Gasteiger partial charge in [0.05, 0.1) is 29.1 Å². The van der Waals surface area contributed by atoms with Gasteiger partial charge in [0, 0.05) is 19.5 Å². The molecule has 21 heavy (non-hydrogen) atoms. The van der Waals surface area contributed by atoms with Crippen LogP contribution in [-0.2, 0) is 13.1 Å². The van der Waals surface area contributed by atoms with Crippen LogP contribution in [0.2, 0.25) is 0 Å². The molecule has 1 atom stereocenters. The molecule has 5 nitrogen and oxygen atoms in total. The summed E-state index contributed by atoms with van der Waals surface area (Å²) >= 11 is 0. The van der Waals surface area contributed by atoms with E-state index >= 15 is 0 Å². The number of aryl methyl sites for hydroxylation is 1. The van der Waals surface area contributed by atoms with E-state index < -0.39 is 0 Å². The first-order chi connectivity index (χ1) is 10.2. The topological polar surface area (TPSA) is 74.5 Å². The molecule has 2 rings (SSSR count). The zero-order valence-corrected chi connectivity index (χ0v) is 12.1. The fourth-order valence-corrected chi connectivity index (χ4v) is 2.54. The fraction of sp³-hybridized carbons (Fsp3) is 0.438. The molecular formula is C16H18N4O. The van der Waals surface area contributed by atoms with E-state index in [-0.39, 0.29) is 11.6 Å². The van der Waals surface area contributed by atoms with Gasteiger partial charge in [0.2, 0.25) is 0 Å². The zero-order valence-electron chi connectivity index (χ0n) is 12.1. The highest BCUT2D eigenvalue weighted by molar-refractivity contribution is 5.76. The number of nitrogens with zero attached hydrogens (tertiary/aromatic N) is 4. The number of hydrogen-bond donors (Lipinski definition) is 0. The number of rotatable bonds is 6. The Morgan fingerprint density at radius 2 is 1.86 bits per heavy atom. The Labute approximate surface area is 123 Å². The largest absolute Gasteiger partial charge is 0.329 e. The van der Waals surface area contributed by atoms with Crippen LogP contribution in [-0.4, -0.2) is 9.13 Å². The monoisotopic (exact) mass is 282 g/mol. The molecule has 0 spiro atoms. The Morgan fingerprint density at radius 1 is 1.19 bits per heavy atom. The van der Waals surface area contributed by atoms with Crippen molar-refractivity contribution < 1.29 is 0 Å². The van der Waals surface area contributed by atoms with Crippen LogP contribution >= 0.6 is 0 Å². The van der Waals surface area contributed by atoms with Gasteiger partial charge in [0.15, 0.2) is 0 Å². The van der Waals surface area contributed by atoms with Crippen LogP contribution in [0.3, 0.4) is 0 Å². The minimum Gasteiger partial charge on any atom is -0.292 e. The van der Waals surface area contributed by atoms with Gasteiger partial charge < -0.3 is 0 Å². The average molecular weight is 282 g/mol. The van der Waals surface area contributed by atoms with E-state index in [2.05, 4.69) is 12.1 Å². The molecule has 0 saturated heterocycles. The average Bonchev–Trinajstić information content (AvgIpc) is 2.77. The minimum absolute atomic E-state index is 0.0738. The highest BCUT2D eigenvalue weighted by Crippen LogP contribution is 2.16. The predicted octanol–water partition coefficient (Wildman–Crippen LogP) is 2.66. The maximum absolute atomic E-state index is 12.6. The lowest BCUT2D eigenvalue weighted by atomic mass is 10.1. The molecule has 1 heterocycles. The van der Waals surface area contributed by atoms with E-state index in [1.54, 1.807) is 9.13 Å². The van der Waals surface area contributed by atoms with Gasteiger partial charge in [-0.25, -0.2) is 4.79 Å². The second-order valence-electron chi connectivity index (χ2n) is 5.06. The number of imidazole rings is 1. The van der Waals surface area contributed by atoms with E-state index in [0.717, 1.165) is 17.5 Å². The van der Waals surface area contributed by atoms with E-state index in [4.69, 9.17) is 5.26 Å². The standard InChI is InChI=1S/C16H18N4O/c1-2-10-19-14-7-3-4-8-15(14)20(16(19)21)12-13(11-18)6-5-9-17/h3-4,7-8,13H,2,5-6,10,12H2,1H3. The first kappa shape index (κ1) is 14.9. The maximum atomic E-state index is 12.6. The van der Waals surface area contributed by atoms with Crippen LogP contribution in [0.15, 0.2) is 29.1 Å². The molecule has 1 unspecified atom stereocenters. The van der Waals surface area contributed by atoms with Crippen LogP contribution in [0.5, 0.6) is 0 Å². The first-order valence-electron chi connectivity index (χ1n) is 7.17. The third kappa shape index (κ3) is 2.98. The highest BCUT2D eigenvalue weighted by atomic mass is 16.1. The van der Waals surface area contributed by atoms with Gasteiger partial charge in [-0.05, 0) is 25.0 Å². The Morgan fingerprint density at radius 3 is 2.43 bits per heavy atom. The molecule has 0 aliphatic carbocycles. The quantitative estimate of drug-likeness (QED) is 0.817. The van der Waals surface area contributed by atoms with Crippen molar-refractivity contribution in [1.29, 1.82) is 10.5 Å². The molecule has 0 radical (unpaired) electrons. The summed E-state index contributed by atoms with van der Waals surface area (Å²) in [6.45, 7) is 3.04. The Kier molecular flexibility index (Phi) is 4.79. The lowest BCUT2D eigenvalue weighted by molar-refractivity contribution is 0.499. The molecule has 0 aliphatic rings. The van der Waals surface area contributed by atoms with Crippen LogP contribution in [0, 0.1) is 28.6 Å². The van der Waals surface area contributed by atoms with Crippen molar-refractivity contribution in [3.8, 4) is 12.1 Å². The van der Waals surface area contributed by atoms with Gasteiger partial charge in [0.1, 0.15) is 0 Å². The van der Waals surface area contributed by atoms with E-state index in [9.17, 15) is 10.1 Å². The number of hydrogen-bond acceptors (Lipinski definition) is 3. The molecule has 0 fully saturated rings. The Balaban J connectivity index is 2.44. The Bertz CT molecular complexity index is 757. The van der Waals surface area contributed by atoms with Crippen molar-refractivity contribution in [1.82, 2.24) is 9.13 Å². The lowest BCUT2D eigenvalue weighted by Crippen LogP contribution is -2.26. The van der Waals surface area contributed by atoms with E-state index in [0.29, 0.717) is 25.9 Å². The summed E-state index contributed by atoms with van der Waals surface area (Å²) in [7, 11) is 0. The van der Waals surface area contributed by atoms with Gasteiger partial charge in [0.25, 0.3) is 0 Å². The molecule has 108 valence electrons. The second kappa shape index (κ2) is 6.76. The summed E-state index contributed by atoms with van der Waals surface area (Å²) in [6.07, 6.45) is 1.71. The number of para-hydroxylation sites is 2. The maximum Gasteiger partial charge on any atom is 0.329 e. The number of nitriles is 2. The molecule has 0 amide bonds. The van der Waals surface area contributed by atoms with Crippen LogP contribution in [0.4, 0.5) is 0 Å². The number of fused-ring (bicyclic) bond motifs is 1. The van der Waals surface area contributed by atoms with Crippen molar-refractivity contribution in [3.63, 3.8) is 0 Å². The summed E-state index contributed by atoms with van der Waals surface area (Å²) < 4.78 is 3.42. The van der Waals surface area contributed by atoms with Crippen molar-refractivity contribution in [2.45, 2.75) is 39.3 Å². The molecule has 1 aromatic heterocycles. The Hall–Kier alpha value is -2.53. The van der Waals surface area contributed by atoms with Gasteiger partial charge in [-0.1, -0.05) is 19.1 Å². The zero-order chi connectivity index (χ0) is 15.2. The molecule has 0 N–H and O–H groups in total. The molecule has 1 aromatic carbocycles. The SMILES string of the molecule is CCCn1c(=O)n(CC(C#N)CCC#N)c2ccccc21. The van der Waals surface area contributed by atoms with E-state index in [1.807, 2.05) is 31.2 Å². The fourth-order valence-electron chi connectivity index (χ4n) is 2.54. The molecule has 0 aliphatic heterocycles. The second-order valence-corrected chi connectivity index (χ2v) is 5.06. The smallest absolute Gasteiger partial charge is 0.292 e. The summed E-state index contributed by atoms with van der Waals surface area (Å²) in [6, 6.07) is 11.9. The van der Waals surface area contributed by atoms with Crippen molar-refractivity contribution in [3.05, 3.63) is 34.7 Å². The predicted molar refractivity (Wildman–Crippen MR) is 80.4 cm³/mol.